The molecule has 5 heteroatoms. The van der Waals surface area contributed by atoms with E-state index in [0.29, 0.717) is 6.54 Å². The van der Waals surface area contributed by atoms with Crippen molar-refractivity contribution in [1.82, 2.24) is 15.1 Å². The summed E-state index contributed by atoms with van der Waals surface area (Å²) in [5.41, 5.74) is 2.06. The second-order valence-corrected chi connectivity index (χ2v) is 4.39. The summed E-state index contributed by atoms with van der Waals surface area (Å²) in [5.74, 6) is 0. The van der Waals surface area contributed by atoms with Gasteiger partial charge >= 0.3 is 0 Å². The molecule has 94 valence electrons. The maximum atomic E-state index is 11.8. The third kappa shape index (κ3) is 3.14. The SMILES string of the molecule is O=c1cc2c(nn1CCCCCO)CCNC2. The molecule has 0 saturated heterocycles. The van der Waals surface area contributed by atoms with Gasteiger partial charge in [-0.05, 0) is 24.8 Å². The van der Waals surface area contributed by atoms with Gasteiger partial charge in [-0.25, -0.2) is 4.68 Å². The van der Waals surface area contributed by atoms with E-state index in [0.717, 1.165) is 50.0 Å². The van der Waals surface area contributed by atoms with E-state index in [4.69, 9.17) is 5.11 Å². The van der Waals surface area contributed by atoms with Crippen LogP contribution in [0.4, 0.5) is 0 Å². The minimum atomic E-state index is -0.0172. The zero-order valence-corrected chi connectivity index (χ0v) is 9.98. The fourth-order valence-electron chi connectivity index (χ4n) is 2.07. The number of nitrogens with zero attached hydrogens (tertiary/aromatic N) is 2. The number of nitrogens with one attached hydrogen (secondary N) is 1. The molecule has 2 rings (SSSR count). The average molecular weight is 237 g/mol. The highest BCUT2D eigenvalue weighted by molar-refractivity contribution is 5.20. The first-order valence-corrected chi connectivity index (χ1v) is 6.23. The Kier molecular flexibility index (Phi) is 4.28. The van der Waals surface area contributed by atoms with E-state index in [1.165, 1.54) is 0 Å². The Bertz CT molecular complexity index is 428. The molecule has 5 nitrogen and oxygen atoms in total. The molecular weight excluding hydrogens is 218 g/mol. The van der Waals surface area contributed by atoms with Gasteiger partial charge in [0.2, 0.25) is 0 Å². The Balaban J connectivity index is 2.04. The van der Waals surface area contributed by atoms with Crippen LogP contribution in [0.2, 0.25) is 0 Å². The van der Waals surface area contributed by atoms with Gasteiger partial charge in [-0.15, -0.1) is 0 Å². The number of rotatable bonds is 5. The molecule has 1 aromatic heterocycles. The summed E-state index contributed by atoms with van der Waals surface area (Å²) < 4.78 is 1.56. The topological polar surface area (TPSA) is 67.2 Å². The zero-order valence-electron chi connectivity index (χ0n) is 9.98. The van der Waals surface area contributed by atoms with Crippen molar-refractivity contribution in [1.29, 1.82) is 0 Å². The highest BCUT2D eigenvalue weighted by atomic mass is 16.2. The Hall–Kier alpha value is -1.20. The highest BCUT2D eigenvalue weighted by Gasteiger charge is 2.12. The summed E-state index contributed by atoms with van der Waals surface area (Å²) in [7, 11) is 0. The third-order valence-corrected chi connectivity index (χ3v) is 3.05. The summed E-state index contributed by atoms with van der Waals surface area (Å²) >= 11 is 0. The number of aryl methyl sites for hydroxylation is 1. The van der Waals surface area contributed by atoms with Gasteiger partial charge in [-0.3, -0.25) is 4.79 Å². The normalized spacial score (nSPS) is 14.6. The number of unbranched alkanes of at least 4 members (excludes halogenated alkanes) is 2. The van der Waals surface area contributed by atoms with Crippen LogP contribution in [0.3, 0.4) is 0 Å². The van der Waals surface area contributed by atoms with Crippen molar-refractivity contribution in [3.05, 3.63) is 27.7 Å². The number of aliphatic hydroxyl groups is 1. The van der Waals surface area contributed by atoms with Crippen molar-refractivity contribution >= 4 is 0 Å². The van der Waals surface area contributed by atoms with Crippen molar-refractivity contribution in [3.63, 3.8) is 0 Å². The smallest absolute Gasteiger partial charge is 0.267 e. The lowest BCUT2D eigenvalue weighted by atomic mass is 10.1. The largest absolute Gasteiger partial charge is 0.396 e. The van der Waals surface area contributed by atoms with Crippen molar-refractivity contribution in [3.8, 4) is 0 Å². The second-order valence-electron chi connectivity index (χ2n) is 4.39. The molecule has 17 heavy (non-hydrogen) atoms. The Morgan fingerprint density at radius 2 is 2.29 bits per heavy atom. The molecule has 0 unspecified atom stereocenters. The number of hydrogen-bond donors (Lipinski definition) is 2. The molecular formula is C12H19N3O2. The third-order valence-electron chi connectivity index (χ3n) is 3.05. The van der Waals surface area contributed by atoms with E-state index in [1.807, 2.05) is 0 Å². The molecule has 0 bridgehead atoms. The van der Waals surface area contributed by atoms with Gasteiger partial charge in [0, 0.05) is 38.7 Å². The van der Waals surface area contributed by atoms with Crippen LogP contribution in [0.25, 0.3) is 0 Å². The molecule has 0 saturated carbocycles. The lowest BCUT2D eigenvalue weighted by molar-refractivity contribution is 0.281. The minimum absolute atomic E-state index is 0.0172. The number of fused-ring (bicyclic) bond motifs is 1. The molecule has 1 aromatic rings. The standard InChI is InChI=1S/C12H19N3O2/c16-7-3-1-2-6-15-12(17)8-10-9-13-5-4-11(10)14-15/h8,13,16H,1-7,9H2. The lowest BCUT2D eigenvalue weighted by Crippen LogP contribution is -2.31. The molecule has 0 radical (unpaired) electrons. The second kappa shape index (κ2) is 5.93. The summed E-state index contributed by atoms with van der Waals surface area (Å²) in [4.78, 5) is 11.8. The van der Waals surface area contributed by atoms with Gasteiger partial charge in [0.1, 0.15) is 0 Å². The van der Waals surface area contributed by atoms with Crippen LogP contribution in [0.1, 0.15) is 30.5 Å². The van der Waals surface area contributed by atoms with Gasteiger partial charge in [0.15, 0.2) is 0 Å². The lowest BCUT2D eigenvalue weighted by Gasteiger charge is -2.16. The molecule has 0 fully saturated rings. The molecule has 0 atom stereocenters. The van der Waals surface area contributed by atoms with Crippen LogP contribution in [-0.2, 0) is 19.5 Å². The first-order valence-electron chi connectivity index (χ1n) is 6.23. The Morgan fingerprint density at radius 3 is 3.12 bits per heavy atom. The molecule has 0 aliphatic carbocycles. The summed E-state index contributed by atoms with van der Waals surface area (Å²) in [6.07, 6.45) is 3.52. The van der Waals surface area contributed by atoms with E-state index in [9.17, 15) is 4.79 Å². The van der Waals surface area contributed by atoms with E-state index in [2.05, 4.69) is 10.4 Å². The fourth-order valence-corrected chi connectivity index (χ4v) is 2.07. The van der Waals surface area contributed by atoms with Crippen LogP contribution in [0.15, 0.2) is 10.9 Å². The molecule has 0 amide bonds. The summed E-state index contributed by atoms with van der Waals surface area (Å²) in [6, 6.07) is 1.69. The predicted molar refractivity (Wildman–Crippen MR) is 64.8 cm³/mol. The van der Waals surface area contributed by atoms with Crippen molar-refractivity contribution in [2.75, 3.05) is 13.2 Å². The number of hydrogen-bond acceptors (Lipinski definition) is 4. The van der Waals surface area contributed by atoms with Gasteiger partial charge in [0.05, 0.1) is 5.69 Å². The van der Waals surface area contributed by atoms with Gasteiger partial charge in [0.25, 0.3) is 5.56 Å². The average Bonchev–Trinajstić information content (AvgIpc) is 2.35. The van der Waals surface area contributed by atoms with Crippen LogP contribution >= 0.6 is 0 Å². The molecule has 2 heterocycles. The molecule has 0 aromatic carbocycles. The number of aliphatic hydroxyl groups excluding tert-OH is 1. The van der Waals surface area contributed by atoms with E-state index < -0.39 is 0 Å². The van der Waals surface area contributed by atoms with Crippen LogP contribution in [0.5, 0.6) is 0 Å². The van der Waals surface area contributed by atoms with Gasteiger partial charge in [-0.2, -0.15) is 5.10 Å². The molecule has 2 N–H and O–H groups in total. The first-order chi connectivity index (χ1) is 8.31. The predicted octanol–water partition coefficient (Wildman–Crippen LogP) is 0.0516. The Morgan fingerprint density at radius 1 is 1.41 bits per heavy atom. The van der Waals surface area contributed by atoms with Crippen molar-refractivity contribution in [2.45, 2.75) is 38.8 Å². The summed E-state index contributed by atoms with van der Waals surface area (Å²) in [5, 5.41) is 16.3. The quantitative estimate of drug-likeness (QED) is 0.710. The number of aromatic nitrogens is 2. The van der Waals surface area contributed by atoms with E-state index in [1.54, 1.807) is 10.7 Å². The van der Waals surface area contributed by atoms with Crippen LogP contribution in [0, 0.1) is 0 Å². The molecule has 0 spiro atoms. The highest BCUT2D eigenvalue weighted by Crippen LogP contribution is 2.08. The molecule has 1 aliphatic rings. The van der Waals surface area contributed by atoms with Crippen molar-refractivity contribution < 1.29 is 5.11 Å². The maximum Gasteiger partial charge on any atom is 0.267 e. The monoisotopic (exact) mass is 237 g/mol. The molecule has 1 aliphatic heterocycles. The Labute approximate surface area is 100 Å². The summed E-state index contributed by atoms with van der Waals surface area (Å²) in [6.45, 7) is 2.56. The van der Waals surface area contributed by atoms with E-state index in [-0.39, 0.29) is 12.2 Å². The fraction of sp³-hybridized carbons (Fsp3) is 0.667. The maximum absolute atomic E-state index is 11.8. The van der Waals surface area contributed by atoms with Gasteiger partial charge in [-0.1, -0.05) is 0 Å². The minimum Gasteiger partial charge on any atom is -0.396 e. The van der Waals surface area contributed by atoms with E-state index >= 15 is 0 Å². The van der Waals surface area contributed by atoms with Gasteiger partial charge < -0.3 is 10.4 Å². The first kappa shape index (κ1) is 12.3. The van der Waals surface area contributed by atoms with Crippen LogP contribution in [-0.4, -0.2) is 28.0 Å². The zero-order chi connectivity index (χ0) is 12.1. The van der Waals surface area contributed by atoms with Crippen LogP contribution < -0.4 is 10.9 Å². The van der Waals surface area contributed by atoms with Crippen molar-refractivity contribution in [2.24, 2.45) is 0 Å².